The van der Waals surface area contributed by atoms with Gasteiger partial charge in [-0.1, -0.05) is 12.1 Å². The number of benzene rings is 1. The lowest BCUT2D eigenvalue weighted by atomic mass is 10.2. The second-order valence-corrected chi connectivity index (χ2v) is 5.65. The summed E-state index contributed by atoms with van der Waals surface area (Å²) in [4.78, 5) is 23.2. The lowest BCUT2D eigenvalue weighted by Gasteiger charge is -2.11. The first-order valence-electron chi connectivity index (χ1n) is 7.59. The summed E-state index contributed by atoms with van der Waals surface area (Å²) in [5.74, 6) is 0.0290. The van der Waals surface area contributed by atoms with E-state index in [0.717, 1.165) is 12.5 Å². The van der Waals surface area contributed by atoms with Crippen LogP contribution in [-0.4, -0.2) is 34.7 Å². The van der Waals surface area contributed by atoms with Crippen molar-refractivity contribution in [2.24, 2.45) is 11.7 Å². The molecule has 4 N–H and O–H groups in total. The number of amides is 2. The zero-order chi connectivity index (χ0) is 16.2. The largest absolute Gasteiger partial charge is 0.364 e. The zero-order valence-corrected chi connectivity index (χ0v) is 12.7. The van der Waals surface area contributed by atoms with Crippen LogP contribution in [0.25, 0.3) is 5.69 Å². The Hall–Kier alpha value is -2.67. The summed E-state index contributed by atoms with van der Waals surface area (Å²) in [6.07, 6.45) is 4.13. The van der Waals surface area contributed by atoms with Crippen LogP contribution >= 0.6 is 0 Å². The number of aromatic nitrogens is 2. The number of carbonyl (C=O) groups excluding carboxylic acids is 2. The van der Waals surface area contributed by atoms with Crippen LogP contribution in [0.4, 0.5) is 5.69 Å². The summed E-state index contributed by atoms with van der Waals surface area (Å²) < 4.78 is 1.52. The molecule has 0 radical (unpaired) electrons. The molecular formula is C16H19N5O2. The van der Waals surface area contributed by atoms with Gasteiger partial charge in [0.05, 0.1) is 17.9 Å². The Morgan fingerprint density at radius 1 is 1.26 bits per heavy atom. The van der Waals surface area contributed by atoms with Gasteiger partial charge in [-0.15, -0.1) is 0 Å². The maximum atomic E-state index is 12.0. The topological polar surface area (TPSA) is 102 Å². The number of anilines is 1. The van der Waals surface area contributed by atoms with Crippen molar-refractivity contribution in [3.05, 3.63) is 42.2 Å². The van der Waals surface area contributed by atoms with E-state index in [1.165, 1.54) is 23.6 Å². The van der Waals surface area contributed by atoms with Crippen LogP contribution in [0.2, 0.25) is 0 Å². The predicted octanol–water partition coefficient (Wildman–Crippen LogP) is 0.909. The second kappa shape index (κ2) is 6.62. The molecule has 7 nitrogen and oxygen atoms in total. The van der Waals surface area contributed by atoms with Gasteiger partial charge in [-0.05, 0) is 43.5 Å². The van der Waals surface area contributed by atoms with Crippen molar-refractivity contribution in [3.8, 4) is 5.69 Å². The molecule has 0 atom stereocenters. The number of nitrogens with two attached hydrogens (primary N) is 1. The molecule has 1 aromatic heterocycles. The summed E-state index contributed by atoms with van der Waals surface area (Å²) in [7, 11) is 0. The molecule has 0 bridgehead atoms. The van der Waals surface area contributed by atoms with Crippen LogP contribution in [0.15, 0.2) is 36.5 Å². The van der Waals surface area contributed by atoms with E-state index >= 15 is 0 Å². The molecule has 0 aliphatic heterocycles. The minimum absolute atomic E-state index is 0.111. The molecule has 2 amide bonds. The standard InChI is InChI=1S/C16H19N5O2/c17-16(23)13-7-8-21(20-13)14-4-2-1-3-12(14)19-15(22)10-18-9-11-5-6-11/h1-4,7-8,11,18H,5-6,9-10H2,(H2,17,23)(H,19,22). The van der Waals surface area contributed by atoms with Gasteiger partial charge in [0.15, 0.2) is 0 Å². The number of carbonyl (C=O) groups is 2. The van der Waals surface area contributed by atoms with Gasteiger partial charge < -0.3 is 16.4 Å². The normalized spacial score (nSPS) is 13.7. The molecule has 1 aromatic carbocycles. The lowest BCUT2D eigenvalue weighted by Crippen LogP contribution is -2.29. The van der Waals surface area contributed by atoms with Gasteiger partial charge in [-0.3, -0.25) is 9.59 Å². The first kappa shape index (κ1) is 15.2. The highest BCUT2D eigenvalue weighted by Crippen LogP contribution is 2.27. The van der Waals surface area contributed by atoms with E-state index in [2.05, 4.69) is 15.7 Å². The van der Waals surface area contributed by atoms with E-state index in [4.69, 9.17) is 5.73 Å². The molecule has 23 heavy (non-hydrogen) atoms. The number of nitrogens with zero attached hydrogens (tertiary/aromatic N) is 2. The Bertz CT molecular complexity index is 721. The summed E-state index contributed by atoms with van der Waals surface area (Å²) in [5, 5.41) is 10.1. The highest BCUT2D eigenvalue weighted by atomic mass is 16.2. The van der Waals surface area contributed by atoms with E-state index in [9.17, 15) is 9.59 Å². The highest BCUT2D eigenvalue weighted by Gasteiger charge is 2.20. The first-order valence-corrected chi connectivity index (χ1v) is 7.59. The van der Waals surface area contributed by atoms with Crippen molar-refractivity contribution in [2.45, 2.75) is 12.8 Å². The number of hydrogen-bond donors (Lipinski definition) is 3. The van der Waals surface area contributed by atoms with Gasteiger partial charge in [-0.25, -0.2) is 4.68 Å². The number of para-hydroxylation sites is 2. The summed E-state index contributed by atoms with van der Waals surface area (Å²) in [6.45, 7) is 1.16. The first-order chi connectivity index (χ1) is 11.1. The van der Waals surface area contributed by atoms with E-state index in [1.807, 2.05) is 18.2 Å². The molecule has 1 heterocycles. The molecule has 120 valence electrons. The molecule has 2 aromatic rings. The smallest absolute Gasteiger partial charge is 0.269 e. The van der Waals surface area contributed by atoms with E-state index < -0.39 is 5.91 Å². The zero-order valence-electron chi connectivity index (χ0n) is 12.7. The van der Waals surface area contributed by atoms with Crippen molar-refractivity contribution in [1.82, 2.24) is 15.1 Å². The Morgan fingerprint density at radius 2 is 2.04 bits per heavy atom. The van der Waals surface area contributed by atoms with Crippen LogP contribution in [0.1, 0.15) is 23.3 Å². The van der Waals surface area contributed by atoms with Crippen molar-refractivity contribution in [1.29, 1.82) is 0 Å². The minimum Gasteiger partial charge on any atom is -0.364 e. The molecule has 3 rings (SSSR count). The van der Waals surface area contributed by atoms with Crippen molar-refractivity contribution >= 4 is 17.5 Å². The predicted molar refractivity (Wildman–Crippen MR) is 86.3 cm³/mol. The Morgan fingerprint density at radius 3 is 2.74 bits per heavy atom. The molecule has 7 heteroatoms. The van der Waals surface area contributed by atoms with Gasteiger partial charge in [-0.2, -0.15) is 5.10 Å². The second-order valence-electron chi connectivity index (χ2n) is 5.65. The third kappa shape index (κ3) is 3.95. The summed E-state index contributed by atoms with van der Waals surface area (Å²) >= 11 is 0. The third-order valence-corrected chi connectivity index (χ3v) is 3.68. The van der Waals surface area contributed by atoms with Crippen LogP contribution in [-0.2, 0) is 4.79 Å². The fraction of sp³-hybridized carbons (Fsp3) is 0.312. The van der Waals surface area contributed by atoms with E-state index in [0.29, 0.717) is 11.4 Å². The van der Waals surface area contributed by atoms with Crippen molar-refractivity contribution in [2.75, 3.05) is 18.4 Å². The van der Waals surface area contributed by atoms with Crippen LogP contribution < -0.4 is 16.4 Å². The molecule has 1 fully saturated rings. The van der Waals surface area contributed by atoms with Gasteiger partial charge >= 0.3 is 0 Å². The fourth-order valence-electron chi connectivity index (χ4n) is 2.27. The third-order valence-electron chi connectivity index (χ3n) is 3.68. The molecule has 1 saturated carbocycles. The van der Waals surface area contributed by atoms with Crippen LogP contribution in [0.3, 0.4) is 0 Å². The molecule has 1 aliphatic carbocycles. The van der Waals surface area contributed by atoms with Crippen molar-refractivity contribution in [3.63, 3.8) is 0 Å². The summed E-state index contributed by atoms with van der Waals surface area (Å²) in [6, 6.07) is 8.81. The monoisotopic (exact) mass is 313 g/mol. The molecule has 0 saturated heterocycles. The van der Waals surface area contributed by atoms with E-state index in [-0.39, 0.29) is 18.1 Å². The maximum Gasteiger partial charge on any atom is 0.269 e. The van der Waals surface area contributed by atoms with Gasteiger partial charge in [0.1, 0.15) is 5.69 Å². The Balaban J connectivity index is 1.68. The summed E-state index contributed by atoms with van der Waals surface area (Å²) in [5.41, 5.74) is 6.70. The van der Waals surface area contributed by atoms with Crippen LogP contribution in [0, 0.1) is 5.92 Å². The SMILES string of the molecule is NC(=O)c1ccn(-c2ccccc2NC(=O)CNCC2CC2)n1. The van der Waals surface area contributed by atoms with Gasteiger partial charge in [0.25, 0.3) is 5.91 Å². The molecular weight excluding hydrogens is 294 g/mol. The van der Waals surface area contributed by atoms with Gasteiger partial charge in [0.2, 0.25) is 5.91 Å². The van der Waals surface area contributed by atoms with Gasteiger partial charge in [0, 0.05) is 6.20 Å². The fourth-order valence-corrected chi connectivity index (χ4v) is 2.27. The number of hydrogen-bond acceptors (Lipinski definition) is 4. The quantitative estimate of drug-likeness (QED) is 0.707. The average molecular weight is 313 g/mol. The number of rotatable bonds is 7. The lowest BCUT2D eigenvalue weighted by molar-refractivity contribution is -0.115. The molecule has 0 unspecified atom stereocenters. The minimum atomic E-state index is -0.588. The Labute approximate surface area is 133 Å². The maximum absolute atomic E-state index is 12.0. The number of primary amides is 1. The average Bonchev–Trinajstić information content (AvgIpc) is 3.21. The Kier molecular flexibility index (Phi) is 4.38. The highest BCUT2D eigenvalue weighted by molar-refractivity contribution is 5.94. The molecule has 1 aliphatic rings. The van der Waals surface area contributed by atoms with E-state index in [1.54, 1.807) is 12.3 Å². The van der Waals surface area contributed by atoms with Crippen molar-refractivity contribution < 1.29 is 9.59 Å². The number of nitrogens with one attached hydrogen (secondary N) is 2. The molecule has 0 spiro atoms. The van der Waals surface area contributed by atoms with Crippen LogP contribution in [0.5, 0.6) is 0 Å².